The highest BCUT2D eigenvalue weighted by molar-refractivity contribution is 6.01. The molecule has 8 nitrogen and oxygen atoms in total. The normalized spacial score (nSPS) is 10.1. The molecule has 0 saturated carbocycles. The van der Waals surface area contributed by atoms with Crippen LogP contribution in [0.3, 0.4) is 0 Å². The third kappa shape index (κ3) is 6.53. The summed E-state index contributed by atoms with van der Waals surface area (Å²) in [6.07, 6.45) is 11.5. The van der Waals surface area contributed by atoms with Gasteiger partial charge < -0.3 is 15.6 Å². The number of carbonyl (C=O) groups is 1. The van der Waals surface area contributed by atoms with Gasteiger partial charge in [-0.15, -0.1) is 0 Å². The van der Waals surface area contributed by atoms with Gasteiger partial charge in [0.2, 0.25) is 5.91 Å². The van der Waals surface area contributed by atoms with Crippen LogP contribution in [0.1, 0.15) is 31.9 Å². The SMILES string of the molecule is C/C=C/C(=O)Nc1cn2ncnc(Nc3cccc(C)c3)c2c1C.CC.c1c[nH]cn1. The van der Waals surface area contributed by atoms with Crippen LogP contribution in [0, 0.1) is 13.8 Å². The van der Waals surface area contributed by atoms with Crippen molar-refractivity contribution >= 4 is 28.6 Å². The lowest BCUT2D eigenvalue weighted by molar-refractivity contribution is -0.111. The van der Waals surface area contributed by atoms with Crippen LogP contribution in [-0.2, 0) is 4.79 Å². The Labute approximate surface area is 182 Å². The lowest BCUT2D eigenvalue weighted by Gasteiger charge is -2.08. The molecule has 4 aromatic rings. The molecule has 0 aliphatic rings. The van der Waals surface area contributed by atoms with Gasteiger partial charge in [-0.2, -0.15) is 5.10 Å². The van der Waals surface area contributed by atoms with E-state index in [0.717, 1.165) is 22.3 Å². The quantitative estimate of drug-likeness (QED) is 0.402. The molecule has 31 heavy (non-hydrogen) atoms. The molecule has 3 N–H and O–H groups in total. The molecule has 3 heterocycles. The molecule has 8 heteroatoms. The summed E-state index contributed by atoms with van der Waals surface area (Å²) >= 11 is 0. The zero-order chi connectivity index (χ0) is 22.6. The molecule has 3 aromatic heterocycles. The highest BCUT2D eigenvalue weighted by Gasteiger charge is 2.14. The lowest BCUT2D eigenvalue weighted by Crippen LogP contribution is -2.07. The number of H-pyrrole nitrogens is 1. The number of nitrogens with one attached hydrogen (secondary N) is 3. The van der Waals surface area contributed by atoms with Gasteiger partial charge in [-0.3, -0.25) is 4.79 Å². The number of hydrogen-bond donors (Lipinski definition) is 3. The Hall–Kier alpha value is -3.94. The molecule has 0 fully saturated rings. The second kappa shape index (κ2) is 11.9. The average molecular weight is 420 g/mol. The first-order valence-electron chi connectivity index (χ1n) is 10.1. The molecule has 0 atom stereocenters. The van der Waals surface area contributed by atoms with Crippen molar-refractivity contribution in [3.63, 3.8) is 0 Å². The highest BCUT2D eigenvalue weighted by atomic mass is 16.1. The van der Waals surface area contributed by atoms with Crippen molar-refractivity contribution in [2.24, 2.45) is 0 Å². The Bertz CT molecular complexity index is 1100. The standard InChI is InChI=1S/C18H19N5O.C3H4N2.C2H6/c1-4-6-16(24)22-15-10-23-17(13(15)3)18(19-11-20-23)21-14-8-5-7-12(2)9-14;1-2-5-3-4-1;1-2/h4-11H,1-3H3,(H,22,24)(H,19,20,21);1-3H,(H,4,5);1-2H3/b6-4+;;. The van der Waals surface area contributed by atoms with E-state index < -0.39 is 0 Å². The molecule has 1 aromatic carbocycles. The number of aromatic nitrogens is 5. The van der Waals surface area contributed by atoms with Gasteiger partial charge in [0, 0.05) is 23.6 Å². The molecular weight excluding hydrogens is 390 g/mol. The van der Waals surface area contributed by atoms with Crippen LogP contribution < -0.4 is 10.6 Å². The van der Waals surface area contributed by atoms with Gasteiger partial charge in [0.05, 0.1) is 18.2 Å². The van der Waals surface area contributed by atoms with E-state index in [4.69, 9.17) is 0 Å². The Balaban J connectivity index is 0.000000420. The molecule has 162 valence electrons. The summed E-state index contributed by atoms with van der Waals surface area (Å²) in [6.45, 7) is 9.78. The van der Waals surface area contributed by atoms with Crippen molar-refractivity contribution in [3.8, 4) is 0 Å². The van der Waals surface area contributed by atoms with Crippen molar-refractivity contribution in [2.75, 3.05) is 10.6 Å². The zero-order valence-electron chi connectivity index (χ0n) is 18.5. The number of imidazole rings is 1. The summed E-state index contributed by atoms with van der Waals surface area (Å²) < 4.78 is 1.71. The fourth-order valence-electron chi connectivity index (χ4n) is 2.78. The van der Waals surface area contributed by atoms with Crippen molar-refractivity contribution in [1.29, 1.82) is 0 Å². The van der Waals surface area contributed by atoms with Gasteiger partial charge in [-0.05, 0) is 44.5 Å². The van der Waals surface area contributed by atoms with Gasteiger partial charge in [0.25, 0.3) is 0 Å². The molecule has 0 aliphatic carbocycles. The fourth-order valence-corrected chi connectivity index (χ4v) is 2.78. The van der Waals surface area contributed by atoms with E-state index in [2.05, 4.69) is 30.7 Å². The van der Waals surface area contributed by atoms with Gasteiger partial charge in [-0.25, -0.2) is 14.5 Å². The Kier molecular flexibility index (Phi) is 8.97. The predicted molar refractivity (Wildman–Crippen MR) is 126 cm³/mol. The van der Waals surface area contributed by atoms with E-state index in [1.54, 1.807) is 42.4 Å². The number of anilines is 3. The van der Waals surface area contributed by atoms with Crippen LogP contribution in [0.25, 0.3) is 5.52 Å². The van der Waals surface area contributed by atoms with E-state index in [1.807, 2.05) is 52.0 Å². The third-order valence-corrected chi connectivity index (χ3v) is 4.09. The maximum Gasteiger partial charge on any atom is 0.248 e. The summed E-state index contributed by atoms with van der Waals surface area (Å²) in [5.74, 6) is 0.525. The first kappa shape index (κ1) is 23.3. The van der Waals surface area contributed by atoms with Gasteiger partial charge in [0.15, 0.2) is 5.82 Å². The second-order valence-corrected chi connectivity index (χ2v) is 6.31. The minimum Gasteiger partial charge on any atom is -0.351 e. The smallest absolute Gasteiger partial charge is 0.248 e. The van der Waals surface area contributed by atoms with Crippen LogP contribution in [0.4, 0.5) is 17.2 Å². The molecule has 0 spiro atoms. The number of allylic oxidation sites excluding steroid dienone is 1. The molecule has 0 bridgehead atoms. The second-order valence-electron chi connectivity index (χ2n) is 6.31. The minimum absolute atomic E-state index is 0.169. The van der Waals surface area contributed by atoms with E-state index in [0.29, 0.717) is 11.5 Å². The number of amides is 1. The third-order valence-electron chi connectivity index (χ3n) is 4.09. The molecular formula is C23H29N7O. The minimum atomic E-state index is -0.169. The van der Waals surface area contributed by atoms with E-state index >= 15 is 0 Å². The molecule has 0 unspecified atom stereocenters. The van der Waals surface area contributed by atoms with Crippen LogP contribution >= 0.6 is 0 Å². The van der Waals surface area contributed by atoms with Crippen molar-refractivity contribution < 1.29 is 4.79 Å². The van der Waals surface area contributed by atoms with Crippen molar-refractivity contribution in [1.82, 2.24) is 24.6 Å². The summed E-state index contributed by atoms with van der Waals surface area (Å²) in [5.41, 5.74) is 4.57. The van der Waals surface area contributed by atoms with Crippen LogP contribution in [0.15, 0.2) is 67.7 Å². The fraction of sp³-hybridized carbons (Fsp3) is 0.217. The maximum absolute atomic E-state index is 11.8. The monoisotopic (exact) mass is 419 g/mol. The zero-order valence-corrected chi connectivity index (χ0v) is 18.5. The number of nitrogens with zero attached hydrogens (tertiary/aromatic N) is 4. The molecule has 0 saturated heterocycles. The van der Waals surface area contributed by atoms with Crippen molar-refractivity contribution in [2.45, 2.75) is 34.6 Å². The summed E-state index contributed by atoms with van der Waals surface area (Å²) in [6, 6.07) is 8.06. The number of benzene rings is 1. The molecule has 0 aliphatic heterocycles. The summed E-state index contributed by atoms with van der Waals surface area (Å²) in [4.78, 5) is 22.6. The lowest BCUT2D eigenvalue weighted by atomic mass is 10.2. The Morgan fingerprint density at radius 1 is 1.23 bits per heavy atom. The maximum atomic E-state index is 11.8. The van der Waals surface area contributed by atoms with Crippen LogP contribution in [0.5, 0.6) is 0 Å². The van der Waals surface area contributed by atoms with Gasteiger partial charge in [0.1, 0.15) is 11.8 Å². The number of carbonyl (C=O) groups excluding carboxylic acids is 1. The topological polar surface area (TPSA) is 100 Å². The van der Waals surface area contributed by atoms with E-state index in [-0.39, 0.29) is 5.91 Å². The summed E-state index contributed by atoms with van der Waals surface area (Å²) in [7, 11) is 0. The average Bonchev–Trinajstić information content (AvgIpc) is 3.43. The van der Waals surface area contributed by atoms with Gasteiger partial charge in [-0.1, -0.05) is 32.1 Å². The van der Waals surface area contributed by atoms with E-state index in [1.165, 1.54) is 12.4 Å². The van der Waals surface area contributed by atoms with Crippen molar-refractivity contribution in [3.05, 3.63) is 78.8 Å². The first-order chi connectivity index (χ1) is 15.1. The number of aromatic amines is 1. The molecule has 0 radical (unpaired) electrons. The van der Waals surface area contributed by atoms with Crippen LogP contribution in [0.2, 0.25) is 0 Å². The number of hydrogen-bond acceptors (Lipinski definition) is 5. The van der Waals surface area contributed by atoms with E-state index in [9.17, 15) is 4.79 Å². The number of rotatable bonds is 4. The molecule has 4 rings (SSSR count). The van der Waals surface area contributed by atoms with Gasteiger partial charge >= 0.3 is 0 Å². The largest absolute Gasteiger partial charge is 0.351 e. The summed E-state index contributed by atoms with van der Waals surface area (Å²) in [5, 5.41) is 10.4. The van der Waals surface area contributed by atoms with Crippen LogP contribution in [-0.4, -0.2) is 30.5 Å². The highest BCUT2D eigenvalue weighted by Crippen LogP contribution is 2.28. The predicted octanol–water partition coefficient (Wildman–Crippen LogP) is 5.04. The Morgan fingerprint density at radius 3 is 2.65 bits per heavy atom. The number of fused-ring (bicyclic) bond motifs is 1. The molecule has 1 amide bonds. The number of aryl methyl sites for hydroxylation is 2. The Morgan fingerprint density at radius 2 is 2.03 bits per heavy atom. The first-order valence-corrected chi connectivity index (χ1v) is 10.1.